The molecule has 1 fully saturated rings. The molecule has 5 heteroatoms. The maximum Gasteiger partial charge on any atom is 0.246 e. The van der Waals surface area contributed by atoms with E-state index in [4.69, 9.17) is 4.74 Å². The van der Waals surface area contributed by atoms with Crippen LogP contribution in [0.25, 0.3) is 0 Å². The SMILES string of the molecule is CCOCCCN1C(=O)C(C(C)C)NC(=O)C1C(C)CC. The van der Waals surface area contributed by atoms with E-state index >= 15 is 0 Å². The molecular weight excluding hydrogens is 268 g/mol. The maximum absolute atomic E-state index is 12.7. The van der Waals surface area contributed by atoms with Gasteiger partial charge in [0.1, 0.15) is 12.1 Å². The highest BCUT2D eigenvalue weighted by Crippen LogP contribution is 2.22. The average molecular weight is 298 g/mol. The van der Waals surface area contributed by atoms with Gasteiger partial charge in [-0.15, -0.1) is 0 Å². The number of piperazine rings is 1. The summed E-state index contributed by atoms with van der Waals surface area (Å²) in [5, 5.41) is 2.90. The fourth-order valence-corrected chi connectivity index (χ4v) is 2.73. The predicted molar refractivity (Wildman–Crippen MR) is 82.8 cm³/mol. The third kappa shape index (κ3) is 4.43. The van der Waals surface area contributed by atoms with Gasteiger partial charge < -0.3 is 15.0 Å². The smallest absolute Gasteiger partial charge is 0.246 e. The van der Waals surface area contributed by atoms with Crippen LogP contribution in [-0.2, 0) is 14.3 Å². The lowest BCUT2D eigenvalue weighted by Crippen LogP contribution is -2.66. The number of rotatable bonds is 8. The van der Waals surface area contributed by atoms with Gasteiger partial charge in [-0.2, -0.15) is 0 Å². The van der Waals surface area contributed by atoms with E-state index in [0.717, 1.165) is 12.8 Å². The Morgan fingerprint density at radius 1 is 1.24 bits per heavy atom. The van der Waals surface area contributed by atoms with Crippen LogP contribution in [-0.4, -0.2) is 48.6 Å². The van der Waals surface area contributed by atoms with E-state index in [1.54, 1.807) is 4.90 Å². The topological polar surface area (TPSA) is 58.6 Å². The summed E-state index contributed by atoms with van der Waals surface area (Å²) in [5.41, 5.74) is 0. The van der Waals surface area contributed by atoms with Crippen LogP contribution in [0.4, 0.5) is 0 Å². The van der Waals surface area contributed by atoms with Gasteiger partial charge in [-0.1, -0.05) is 34.1 Å². The molecule has 0 aromatic rings. The molecule has 21 heavy (non-hydrogen) atoms. The van der Waals surface area contributed by atoms with Crippen LogP contribution >= 0.6 is 0 Å². The molecule has 2 amide bonds. The van der Waals surface area contributed by atoms with E-state index in [1.165, 1.54) is 0 Å². The summed E-state index contributed by atoms with van der Waals surface area (Å²) in [6, 6.07) is -0.746. The normalized spacial score (nSPS) is 24.4. The minimum absolute atomic E-state index is 0.0148. The quantitative estimate of drug-likeness (QED) is 0.695. The summed E-state index contributed by atoms with van der Waals surface area (Å²) in [5.74, 6) is 0.299. The summed E-state index contributed by atoms with van der Waals surface area (Å²) in [4.78, 5) is 26.9. The number of nitrogens with zero attached hydrogens (tertiary/aromatic N) is 1. The molecule has 1 rings (SSSR count). The summed E-state index contributed by atoms with van der Waals surface area (Å²) in [6.45, 7) is 11.9. The predicted octanol–water partition coefficient (Wildman–Crippen LogP) is 1.81. The molecule has 0 radical (unpaired) electrons. The van der Waals surface area contributed by atoms with Crippen LogP contribution in [0, 0.1) is 11.8 Å². The lowest BCUT2D eigenvalue weighted by molar-refractivity contribution is -0.153. The van der Waals surface area contributed by atoms with Crippen LogP contribution in [0.2, 0.25) is 0 Å². The van der Waals surface area contributed by atoms with Crippen molar-refractivity contribution in [3.05, 3.63) is 0 Å². The fourth-order valence-electron chi connectivity index (χ4n) is 2.73. The molecular formula is C16H30N2O3. The van der Waals surface area contributed by atoms with E-state index < -0.39 is 6.04 Å². The third-order valence-electron chi connectivity index (χ3n) is 4.19. The van der Waals surface area contributed by atoms with Crippen molar-refractivity contribution in [2.75, 3.05) is 19.8 Å². The molecule has 1 saturated heterocycles. The van der Waals surface area contributed by atoms with E-state index in [2.05, 4.69) is 12.2 Å². The van der Waals surface area contributed by atoms with Gasteiger partial charge in [0, 0.05) is 19.8 Å². The Morgan fingerprint density at radius 2 is 1.90 bits per heavy atom. The second-order valence-electron chi connectivity index (χ2n) is 6.14. The Bertz CT molecular complexity index is 357. The zero-order valence-electron chi connectivity index (χ0n) is 14.0. The van der Waals surface area contributed by atoms with E-state index in [0.29, 0.717) is 19.8 Å². The zero-order chi connectivity index (χ0) is 16.0. The molecule has 0 spiro atoms. The third-order valence-corrected chi connectivity index (χ3v) is 4.19. The van der Waals surface area contributed by atoms with Crippen molar-refractivity contribution in [3.63, 3.8) is 0 Å². The first-order valence-corrected chi connectivity index (χ1v) is 8.12. The first kappa shape index (κ1) is 18.0. The molecule has 0 bridgehead atoms. The first-order chi connectivity index (χ1) is 9.93. The highest BCUT2D eigenvalue weighted by molar-refractivity contribution is 5.97. The summed E-state index contributed by atoms with van der Waals surface area (Å²) in [6.07, 6.45) is 1.64. The Balaban J connectivity index is 2.84. The number of carbonyl (C=O) groups excluding carboxylic acids is 2. The molecule has 1 heterocycles. The molecule has 1 aliphatic rings. The molecule has 0 aromatic heterocycles. The van der Waals surface area contributed by atoms with Gasteiger partial charge in [0.2, 0.25) is 11.8 Å². The van der Waals surface area contributed by atoms with Crippen LogP contribution in [0.5, 0.6) is 0 Å². The minimum atomic E-state index is -0.398. The van der Waals surface area contributed by atoms with Crippen molar-refractivity contribution in [1.29, 1.82) is 0 Å². The monoisotopic (exact) mass is 298 g/mol. The van der Waals surface area contributed by atoms with Crippen LogP contribution in [0.3, 0.4) is 0 Å². The highest BCUT2D eigenvalue weighted by atomic mass is 16.5. The van der Waals surface area contributed by atoms with Crippen molar-refractivity contribution in [2.45, 2.75) is 59.5 Å². The lowest BCUT2D eigenvalue weighted by Gasteiger charge is -2.42. The van der Waals surface area contributed by atoms with Crippen molar-refractivity contribution in [3.8, 4) is 0 Å². The molecule has 3 atom stereocenters. The number of hydrogen-bond acceptors (Lipinski definition) is 3. The number of carbonyl (C=O) groups is 2. The van der Waals surface area contributed by atoms with Crippen molar-refractivity contribution in [1.82, 2.24) is 10.2 Å². The summed E-state index contributed by atoms with van der Waals surface area (Å²) < 4.78 is 5.34. The van der Waals surface area contributed by atoms with Gasteiger partial charge in [0.05, 0.1) is 0 Å². The van der Waals surface area contributed by atoms with Gasteiger partial charge in [-0.3, -0.25) is 9.59 Å². The van der Waals surface area contributed by atoms with E-state index in [1.807, 2.05) is 27.7 Å². The number of amides is 2. The van der Waals surface area contributed by atoms with Crippen molar-refractivity contribution >= 4 is 11.8 Å². The summed E-state index contributed by atoms with van der Waals surface area (Å²) >= 11 is 0. The Morgan fingerprint density at radius 3 is 2.43 bits per heavy atom. The van der Waals surface area contributed by atoms with Crippen LogP contribution in [0.1, 0.15) is 47.5 Å². The Hall–Kier alpha value is -1.10. The first-order valence-electron chi connectivity index (χ1n) is 8.12. The molecule has 122 valence electrons. The molecule has 0 aliphatic carbocycles. The van der Waals surface area contributed by atoms with Gasteiger partial charge in [-0.25, -0.2) is 0 Å². The standard InChI is InChI=1S/C16H30N2O3/c1-6-12(5)14-15(19)17-13(11(3)4)16(20)18(14)9-8-10-21-7-2/h11-14H,6-10H2,1-5H3,(H,17,19). The fraction of sp³-hybridized carbons (Fsp3) is 0.875. The number of hydrogen-bond donors (Lipinski definition) is 1. The second-order valence-corrected chi connectivity index (χ2v) is 6.14. The van der Waals surface area contributed by atoms with Crippen molar-refractivity contribution < 1.29 is 14.3 Å². The molecule has 3 unspecified atom stereocenters. The van der Waals surface area contributed by atoms with Gasteiger partial charge in [0.15, 0.2) is 0 Å². The van der Waals surface area contributed by atoms with Crippen molar-refractivity contribution in [2.24, 2.45) is 11.8 Å². The Kier molecular flexibility index (Phi) is 7.15. The largest absolute Gasteiger partial charge is 0.382 e. The Labute approximate surface area is 128 Å². The lowest BCUT2D eigenvalue weighted by atomic mass is 9.90. The molecule has 0 saturated carbocycles. The molecule has 5 nitrogen and oxygen atoms in total. The summed E-state index contributed by atoms with van der Waals surface area (Å²) in [7, 11) is 0. The number of ether oxygens (including phenoxy) is 1. The number of nitrogens with one attached hydrogen (secondary N) is 1. The highest BCUT2D eigenvalue weighted by Gasteiger charge is 2.43. The zero-order valence-corrected chi connectivity index (χ0v) is 14.0. The van der Waals surface area contributed by atoms with Gasteiger partial charge >= 0.3 is 0 Å². The maximum atomic E-state index is 12.7. The average Bonchev–Trinajstić information content (AvgIpc) is 2.45. The molecule has 1 aliphatic heterocycles. The second kappa shape index (κ2) is 8.37. The minimum Gasteiger partial charge on any atom is -0.382 e. The van der Waals surface area contributed by atoms with Crippen LogP contribution < -0.4 is 5.32 Å². The molecule has 0 aromatic carbocycles. The van der Waals surface area contributed by atoms with E-state index in [-0.39, 0.29) is 29.7 Å². The molecule has 1 N–H and O–H groups in total. The van der Waals surface area contributed by atoms with Crippen LogP contribution in [0.15, 0.2) is 0 Å². The van der Waals surface area contributed by atoms with Gasteiger partial charge in [-0.05, 0) is 25.2 Å². The van der Waals surface area contributed by atoms with Gasteiger partial charge in [0.25, 0.3) is 0 Å². The van der Waals surface area contributed by atoms with E-state index in [9.17, 15) is 9.59 Å².